The molecule has 1 rings (SSSR count). The van der Waals surface area contributed by atoms with Crippen molar-refractivity contribution in [2.75, 3.05) is 20.1 Å². The lowest BCUT2D eigenvalue weighted by atomic mass is 9.95. The van der Waals surface area contributed by atoms with Gasteiger partial charge in [0.25, 0.3) is 0 Å². The maximum atomic E-state index is 6.13. The molecule has 3 nitrogen and oxygen atoms in total. The van der Waals surface area contributed by atoms with Crippen LogP contribution in [0.3, 0.4) is 0 Å². The molecule has 126 valence electrons. The van der Waals surface area contributed by atoms with E-state index in [2.05, 4.69) is 30.8 Å². The summed E-state index contributed by atoms with van der Waals surface area (Å²) in [5, 5.41) is 0. The van der Waals surface area contributed by atoms with Crippen LogP contribution in [0.4, 0.5) is 0 Å². The fourth-order valence-corrected chi connectivity index (χ4v) is 7.53. The average Bonchev–Trinajstić information content (AvgIpc) is 2.58. The van der Waals surface area contributed by atoms with Crippen LogP contribution in [0.5, 0.6) is 0 Å². The first-order valence-corrected chi connectivity index (χ1v) is 12.5. The Morgan fingerprint density at radius 2 is 1.77 bits per heavy atom. The maximum absolute atomic E-state index is 6.13. The number of benzene rings is 1. The molecule has 0 fully saturated rings. The van der Waals surface area contributed by atoms with Crippen molar-refractivity contribution < 1.29 is 13.0 Å². The molecule has 6 heteroatoms. The SMILES string of the molecule is CO[Si](CCCCCC(CCl)c1ccccc1)(OC)O[SiH2]C. The van der Waals surface area contributed by atoms with Crippen molar-refractivity contribution in [1.29, 1.82) is 0 Å². The largest absolute Gasteiger partial charge is 0.489 e. The van der Waals surface area contributed by atoms with Crippen LogP contribution >= 0.6 is 11.6 Å². The summed E-state index contributed by atoms with van der Waals surface area (Å²) in [6, 6.07) is 11.5. The van der Waals surface area contributed by atoms with Crippen molar-refractivity contribution in [3.63, 3.8) is 0 Å². The lowest BCUT2D eigenvalue weighted by Crippen LogP contribution is -2.44. The van der Waals surface area contributed by atoms with Crippen LogP contribution in [0.1, 0.15) is 37.2 Å². The van der Waals surface area contributed by atoms with Crippen LogP contribution < -0.4 is 0 Å². The number of unbranched alkanes of at least 4 members (excludes halogenated alkanes) is 2. The summed E-state index contributed by atoms with van der Waals surface area (Å²) in [4.78, 5) is 0. The highest BCUT2D eigenvalue weighted by Crippen LogP contribution is 2.25. The van der Waals surface area contributed by atoms with Gasteiger partial charge in [-0.15, -0.1) is 11.6 Å². The standard InChI is InChI=1S/C16H29ClO3Si2/c1-18-22(19-2,20-21-3)13-9-5-8-12-16(14-17)15-10-6-4-7-11-15/h4,6-7,10-11,16H,5,8-9,12-14,21H2,1-3H3. The van der Waals surface area contributed by atoms with Gasteiger partial charge in [0, 0.05) is 26.1 Å². The number of hydrogen-bond donors (Lipinski definition) is 0. The highest BCUT2D eigenvalue weighted by molar-refractivity contribution is 6.65. The molecular weight excluding hydrogens is 332 g/mol. The van der Waals surface area contributed by atoms with Gasteiger partial charge in [-0.1, -0.05) is 49.7 Å². The van der Waals surface area contributed by atoms with Crippen molar-refractivity contribution in [2.45, 2.75) is 44.2 Å². The molecule has 0 saturated heterocycles. The third kappa shape index (κ3) is 6.52. The van der Waals surface area contributed by atoms with E-state index in [4.69, 9.17) is 24.6 Å². The molecule has 0 aromatic heterocycles. The molecule has 0 saturated carbocycles. The van der Waals surface area contributed by atoms with Crippen LogP contribution in [0, 0.1) is 0 Å². The van der Waals surface area contributed by atoms with Crippen molar-refractivity contribution in [2.24, 2.45) is 0 Å². The maximum Gasteiger partial charge on any atom is 0.489 e. The fourth-order valence-electron chi connectivity index (χ4n) is 2.66. The zero-order valence-corrected chi connectivity index (χ0v) is 17.2. The first kappa shape index (κ1) is 19.9. The Morgan fingerprint density at radius 1 is 1.09 bits per heavy atom. The van der Waals surface area contributed by atoms with Crippen molar-refractivity contribution >= 4 is 30.2 Å². The average molecular weight is 361 g/mol. The van der Waals surface area contributed by atoms with Gasteiger partial charge in [0.1, 0.15) is 9.76 Å². The molecule has 1 unspecified atom stereocenters. The molecule has 0 amide bonds. The van der Waals surface area contributed by atoms with Crippen LogP contribution in [0.15, 0.2) is 30.3 Å². The summed E-state index contributed by atoms with van der Waals surface area (Å²) in [7, 11) is 0.548. The number of halogens is 1. The van der Waals surface area contributed by atoms with Crippen LogP contribution in [0.2, 0.25) is 12.6 Å². The molecule has 1 atom stereocenters. The highest BCUT2D eigenvalue weighted by Gasteiger charge is 2.36. The van der Waals surface area contributed by atoms with Gasteiger partial charge in [-0.3, -0.25) is 0 Å². The molecule has 0 aliphatic heterocycles. The quantitative estimate of drug-likeness (QED) is 0.321. The fraction of sp³-hybridized carbons (Fsp3) is 0.625. The molecule has 0 aliphatic carbocycles. The highest BCUT2D eigenvalue weighted by atomic mass is 35.5. The number of rotatable bonds is 12. The molecule has 0 N–H and O–H groups in total. The third-order valence-corrected chi connectivity index (χ3v) is 9.48. The minimum atomic E-state index is -2.36. The Balaban J connectivity index is 2.32. The smallest absolute Gasteiger partial charge is 0.422 e. The Labute approximate surface area is 143 Å². The normalized spacial score (nSPS) is 13.8. The number of hydrogen-bond acceptors (Lipinski definition) is 3. The molecule has 0 bridgehead atoms. The monoisotopic (exact) mass is 360 g/mol. The van der Waals surface area contributed by atoms with Crippen molar-refractivity contribution in [1.82, 2.24) is 0 Å². The van der Waals surface area contributed by atoms with E-state index in [-0.39, 0.29) is 0 Å². The van der Waals surface area contributed by atoms with Crippen LogP contribution in [-0.4, -0.2) is 38.7 Å². The Kier molecular flexibility index (Phi) is 10.3. The van der Waals surface area contributed by atoms with E-state index in [1.807, 2.05) is 6.07 Å². The Morgan fingerprint density at radius 3 is 2.32 bits per heavy atom. The molecule has 0 heterocycles. The second-order valence-corrected chi connectivity index (χ2v) is 10.1. The van der Waals surface area contributed by atoms with Gasteiger partial charge in [-0.05, 0) is 24.3 Å². The Hall–Kier alpha value is -0.176. The van der Waals surface area contributed by atoms with Gasteiger partial charge >= 0.3 is 8.80 Å². The summed E-state index contributed by atoms with van der Waals surface area (Å²) < 4.78 is 17.0. The minimum absolute atomic E-state index is 0.453. The van der Waals surface area contributed by atoms with Crippen LogP contribution in [-0.2, 0) is 13.0 Å². The van der Waals surface area contributed by atoms with E-state index in [9.17, 15) is 0 Å². The number of alkyl halides is 1. The van der Waals surface area contributed by atoms with E-state index < -0.39 is 18.6 Å². The topological polar surface area (TPSA) is 27.7 Å². The van der Waals surface area contributed by atoms with Gasteiger partial charge in [0.2, 0.25) is 0 Å². The predicted molar refractivity (Wildman–Crippen MR) is 98.4 cm³/mol. The van der Waals surface area contributed by atoms with E-state index in [0.717, 1.165) is 25.3 Å². The first-order chi connectivity index (χ1) is 10.7. The van der Waals surface area contributed by atoms with E-state index in [0.29, 0.717) is 11.8 Å². The van der Waals surface area contributed by atoms with E-state index in [1.165, 1.54) is 12.0 Å². The zero-order valence-electron chi connectivity index (χ0n) is 14.0. The first-order valence-electron chi connectivity index (χ1n) is 8.06. The molecule has 0 radical (unpaired) electrons. The van der Waals surface area contributed by atoms with Crippen molar-refractivity contribution in [3.8, 4) is 0 Å². The Bertz CT molecular complexity index is 388. The van der Waals surface area contributed by atoms with E-state index >= 15 is 0 Å². The molecule has 1 aromatic carbocycles. The van der Waals surface area contributed by atoms with Gasteiger partial charge < -0.3 is 13.0 Å². The summed E-state index contributed by atoms with van der Waals surface area (Å²) >= 11 is 6.13. The summed E-state index contributed by atoms with van der Waals surface area (Å²) in [5.74, 6) is 1.14. The summed E-state index contributed by atoms with van der Waals surface area (Å²) in [6.45, 7) is 2.12. The molecular formula is C16H29ClO3Si2. The second kappa shape index (κ2) is 11.4. The molecule has 0 spiro atoms. The van der Waals surface area contributed by atoms with Gasteiger partial charge in [0.05, 0.1) is 0 Å². The summed E-state index contributed by atoms with van der Waals surface area (Å²) in [5.41, 5.74) is 1.34. The lowest BCUT2D eigenvalue weighted by Gasteiger charge is -2.26. The molecule has 0 aliphatic rings. The lowest BCUT2D eigenvalue weighted by molar-refractivity contribution is 0.162. The van der Waals surface area contributed by atoms with Gasteiger partial charge in [-0.2, -0.15) is 0 Å². The van der Waals surface area contributed by atoms with E-state index in [1.54, 1.807) is 14.2 Å². The predicted octanol–water partition coefficient (Wildman–Crippen LogP) is 3.95. The molecule has 1 aromatic rings. The minimum Gasteiger partial charge on any atom is -0.422 e. The zero-order chi connectivity index (χ0) is 16.3. The van der Waals surface area contributed by atoms with Gasteiger partial charge in [-0.25, -0.2) is 0 Å². The summed E-state index contributed by atoms with van der Waals surface area (Å²) in [6.07, 6.45) is 4.56. The van der Waals surface area contributed by atoms with Gasteiger partial charge in [0.15, 0.2) is 0 Å². The second-order valence-electron chi connectivity index (χ2n) is 5.39. The third-order valence-electron chi connectivity index (χ3n) is 3.98. The van der Waals surface area contributed by atoms with Crippen molar-refractivity contribution in [3.05, 3.63) is 35.9 Å². The van der Waals surface area contributed by atoms with Crippen LogP contribution in [0.25, 0.3) is 0 Å². The molecule has 22 heavy (non-hydrogen) atoms.